The van der Waals surface area contributed by atoms with Crippen molar-refractivity contribution in [2.24, 2.45) is 17.1 Å². The van der Waals surface area contributed by atoms with Crippen LogP contribution in [0.1, 0.15) is 50.3 Å². The lowest BCUT2D eigenvalue weighted by Crippen LogP contribution is -2.47. The summed E-state index contributed by atoms with van der Waals surface area (Å²) in [5.74, 6) is 0.484. The first-order valence-electron chi connectivity index (χ1n) is 8.87. The molecule has 0 spiro atoms. The Hall–Kier alpha value is -0.900. The van der Waals surface area contributed by atoms with Gasteiger partial charge in [-0.1, -0.05) is 44.5 Å². The zero-order chi connectivity index (χ0) is 17.2. The molecule has 1 saturated heterocycles. The van der Waals surface area contributed by atoms with Crippen LogP contribution in [0.2, 0.25) is 0 Å². The minimum Gasteiger partial charge on any atom is -0.393 e. The van der Waals surface area contributed by atoms with Crippen LogP contribution in [-0.2, 0) is 6.54 Å². The van der Waals surface area contributed by atoms with Crippen molar-refractivity contribution in [2.45, 2.75) is 66.2 Å². The van der Waals surface area contributed by atoms with E-state index in [4.69, 9.17) is 5.73 Å². The molecule has 1 fully saturated rings. The third kappa shape index (κ3) is 5.30. The van der Waals surface area contributed by atoms with Crippen molar-refractivity contribution < 1.29 is 5.11 Å². The van der Waals surface area contributed by atoms with Crippen molar-refractivity contribution in [2.75, 3.05) is 13.1 Å². The highest BCUT2D eigenvalue weighted by Crippen LogP contribution is 2.29. The minimum absolute atomic E-state index is 0.0560. The predicted molar refractivity (Wildman–Crippen MR) is 97.4 cm³/mol. The van der Waals surface area contributed by atoms with Crippen LogP contribution in [0.25, 0.3) is 0 Å². The summed E-state index contributed by atoms with van der Waals surface area (Å²) in [6.07, 6.45) is 1.61. The van der Waals surface area contributed by atoms with Crippen molar-refractivity contribution >= 4 is 0 Å². The molecule has 1 aliphatic rings. The Morgan fingerprint density at radius 3 is 2.61 bits per heavy atom. The first kappa shape index (κ1) is 18.4. The van der Waals surface area contributed by atoms with Crippen molar-refractivity contribution in [3.63, 3.8) is 0 Å². The standard InChI is InChI=1S/C20H34N2O/c1-14-6-7-15(2)17(8-14)12-22-11-16(9-18(21)13-22)10-19(23)20(3,4)5/h6-8,16,18-19,23H,9-13,21H2,1-5H3. The van der Waals surface area contributed by atoms with Crippen molar-refractivity contribution in [1.29, 1.82) is 0 Å². The lowest BCUT2D eigenvalue weighted by Gasteiger charge is -2.39. The predicted octanol–water partition coefficient (Wildman–Crippen LogP) is 3.25. The van der Waals surface area contributed by atoms with Gasteiger partial charge in [0.2, 0.25) is 0 Å². The van der Waals surface area contributed by atoms with Crippen LogP contribution in [0.4, 0.5) is 0 Å². The lowest BCUT2D eigenvalue weighted by molar-refractivity contribution is 0.0232. The zero-order valence-electron chi connectivity index (χ0n) is 15.5. The number of nitrogens with zero attached hydrogens (tertiary/aromatic N) is 1. The van der Waals surface area contributed by atoms with E-state index in [9.17, 15) is 5.11 Å². The molecule has 23 heavy (non-hydrogen) atoms. The summed E-state index contributed by atoms with van der Waals surface area (Å²) in [5.41, 5.74) is 10.3. The Morgan fingerprint density at radius 1 is 1.26 bits per heavy atom. The van der Waals surface area contributed by atoms with Gasteiger partial charge in [0, 0.05) is 25.7 Å². The zero-order valence-corrected chi connectivity index (χ0v) is 15.5. The monoisotopic (exact) mass is 318 g/mol. The number of likely N-dealkylation sites (tertiary alicyclic amines) is 1. The first-order valence-corrected chi connectivity index (χ1v) is 8.87. The molecule has 0 aromatic heterocycles. The number of aliphatic hydroxyl groups is 1. The SMILES string of the molecule is Cc1ccc(C)c(CN2CC(N)CC(CC(O)C(C)(C)C)C2)c1. The summed E-state index contributed by atoms with van der Waals surface area (Å²) < 4.78 is 0. The molecule has 1 aromatic rings. The Labute approximate surface area is 141 Å². The maximum Gasteiger partial charge on any atom is 0.0591 e. The summed E-state index contributed by atoms with van der Waals surface area (Å²) in [5, 5.41) is 10.4. The second-order valence-electron chi connectivity index (χ2n) is 8.60. The fraction of sp³-hybridized carbons (Fsp3) is 0.700. The van der Waals surface area contributed by atoms with Gasteiger partial charge in [-0.3, -0.25) is 4.90 Å². The number of benzene rings is 1. The van der Waals surface area contributed by atoms with Crippen LogP contribution in [0.15, 0.2) is 18.2 Å². The van der Waals surface area contributed by atoms with E-state index >= 15 is 0 Å². The van der Waals surface area contributed by atoms with Crippen LogP contribution in [0.3, 0.4) is 0 Å². The van der Waals surface area contributed by atoms with Gasteiger partial charge >= 0.3 is 0 Å². The van der Waals surface area contributed by atoms with E-state index in [-0.39, 0.29) is 17.6 Å². The summed E-state index contributed by atoms with van der Waals surface area (Å²) >= 11 is 0. The quantitative estimate of drug-likeness (QED) is 0.896. The molecule has 0 bridgehead atoms. The Balaban J connectivity index is 2.01. The second kappa shape index (κ2) is 7.33. The molecule has 0 saturated carbocycles. The van der Waals surface area contributed by atoms with E-state index in [0.717, 1.165) is 32.5 Å². The highest BCUT2D eigenvalue weighted by atomic mass is 16.3. The average molecular weight is 319 g/mol. The fourth-order valence-electron chi connectivity index (χ4n) is 3.53. The van der Waals surface area contributed by atoms with Crippen molar-refractivity contribution in [3.05, 3.63) is 34.9 Å². The van der Waals surface area contributed by atoms with Gasteiger partial charge in [0.05, 0.1) is 6.10 Å². The fourth-order valence-corrected chi connectivity index (χ4v) is 3.53. The molecular weight excluding hydrogens is 284 g/mol. The first-order chi connectivity index (χ1) is 10.6. The molecule has 1 heterocycles. The Kier molecular flexibility index (Phi) is 5.88. The molecule has 2 rings (SSSR count). The molecule has 0 radical (unpaired) electrons. The minimum atomic E-state index is -0.264. The average Bonchev–Trinajstić information content (AvgIpc) is 2.41. The third-order valence-electron chi connectivity index (χ3n) is 5.10. The van der Waals surface area contributed by atoms with Crippen LogP contribution in [-0.4, -0.2) is 35.2 Å². The summed E-state index contributed by atoms with van der Waals surface area (Å²) in [6, 6.07) is 6.87. The number of hydrogen-bond acceptors (Lipinski definition) is 3. The second-order valence-corrected chi connectivity index (χ2v) is 8.60. The number of aryl methyl sites for hydroxylation is 2. The van der Waals surface area contributed by atoms with E-state index in [1.165, 1.54) is 16.7 Å². The van der Waals surface area contributed by atoms with Crippen LogP contribution < -0.4 is 5.73 Å². The van der Waals surface area contributed by atoms with Gasteiger partial charge in [0.15, 0.2) is 0 Å². The maximum atomic E-state index is 10.4. The highest BCUT2D eigenvalue weighted by Gasteiger charge is 2.30. The smallest absolute Gasteiger partial charge is 0.0591 e. The van der Waals surface area contributed by atoms with Crippen molar-refractivity contribution in [3.8, 4) is 0 Å². The molecule has 3 heteroatoms. The molecule has 3 nitrogen and oxygen atoms in total. The van der Waals surface area contributed by atoms with Gasteiger partial charge in [-0.2, -0.15) is 0 Å². The number of nitrogens with two attached hydrogens (primary N) is 1. The van der Waals surface area contributed by atoms with Crippen molar-refractivity contribution in [1.82, 2.24) is 4.90 Å². The topological polar surface area (TPSA) is 49.5 Å². The molecule has 0 amide bonds. The highest BCUT2D eigenvalue weighted by molar-refractivity contribution is 5.30. The van der Waals surface area contributed by atoms with Crippen LogP contribution >= 0.6 is 0 Å². The number of hydrogen-bond donors (Lipinski definition) is 2. The molecule has 130 valence electrons. The molecule has 3 atom stereocenters. The largest absolute Gasteiger partial charge is 0.393 e. The van der Waals surface area contributed by atoms with Gasteiger partial charge in [0.25, 0.3) is 0 Å². The van der Waals surface area contributed by atoms with E-state index in [1.807, 2.05) is 0 Å². The Bertz CT molecular complexity index is 521. The van der Waals surface area contributed by atoms with Gasteiger partial charge < -0.3 is 10.8 Å². The van der Waals surface area contributed by atoms with E-state index in [0.29, 0.717) is 5.92 Å². The molecule has 1 aliphatic heterocycles. The van der Waals surface area contributed by atoms with Crippen LogP contribution in [0, 0.1) is 25.2 Å². The molecule has 0 aliphatic carbocycles. The number of piperidine rings is 1. The molecule has 1 aromatic carbocycles. The van der Waals surface area contributed by atoms with E-state index < -0.39 is 0 Å². The van der Waals surface area contributed by atoms with Gasteiger partial charge in [-0.05, 0) is 49.1 Å². The number of aliphatic hydroxyl groups excluding tert-OH is 1. The summed E-state index contributed by atoms with van der Waals surface area (Å²) in [4.78, 5) is 2.47. The van der Waals surface area contributed by atoms with Gasteiger partial charge in [0.1, 0.15) is 0 Å². The van der Waals surface area contributed by atoms with Crippen LogP contribution in [0.5, 0.6) is 0 Å². The molecule has 3 unspecified atom stereocenters. The lowest BCUT2D eigenvalue weighted by atomic mass is 9.80. The van der Waals surface area contributed by atoms with E-state index in [1.54, 1.807) is 0 Å². The number of rotatable bonds is 4. The van der Waals surface area contributed by atoms with Gasteiger partial charge in [-0.15, -0.1) is 0 Å². The maximum absolute atomic E-state index is 10.4. The normalized spacial score (nSPS) is 24.7. The summed E-state index contributed by atoms with van der Waals surface area (Å²) in [6.45, 7) is 13.6. The van der Waals surface area contributed by atoms with Gasteiger partial charge in [-0.25, -0.2) is 0 Å². The summed E-state index contributed by atoms with van der Waals surface area (Å²) in [7, 11) is 0. The molecular formula is C20H34N2O. The Morgan fingerprint density at radius 2 is 1.96 bits per heavy atom. The third-order valence-corrected chi connectivity index (χ3v) is 5.10. The van der Waals surface area contributed by atoms with E-state index in [2.05, 4.69) is 57.7 Å². The molecule has 3 N–H and O–H groups in total.